The number of carboxylic acid groups (broad SMARTS) is 1. The van der Waals surface area contributed by atoms with E-state index in [9.17, 15) is 30.0 Å². The molecule has 244 valence electrons. The minimum Gasteiger partial charge on any atom is -0.493 e. The van der Waals surface area contributed by atoms with Crippen molar-refractivity contribution in [2.45, 2.75) is 63.0 Å². The first kappa shape index (κ1) is 35.3. The van der Waals surface area contributed by atoms with Crippen molar-refractivity contribution in [3.63, 3.8) is 0 Å². The molecular weight excluding hydrogens is 580 g/mol. The van der Waals surface area contributed by atoms with E-state index in [4.69, 9.17) is 9.47 Å². The molecule has 1 aromatic heterocycles. The van der Waals surface area contributed by atoms with Crippen molar-refractivity contribution >= 4 is 12.2 Å². The van der Waals surface area contributed by atoms with Crippen LogP contribution in [0, 0.1) is 0 Å². The van der Waals surface area contributed by atoms with Gasteiger partial charge >= 0.3 is 12.2 Å². The molecule has 3 aromatic rings. The lowest BCUT2D eigenvalue weighted by molar-refractivity contribution is -0.00773. The number of nitrogens with zero attached hydrogens (tertiary/aromatic N) is 1. The zero-order chi connectivity index (χ0) is 32.7. The number of aliphatic hydroxyl groups is 3. The number of hydrogen-bond acceptors (Lipinski definition) is 9. The van der Waals surface area contributed by atoms with Gasteiger partial charge in [0, 0.05) is 31.4 Å². The van der Waals surface area contributed by atoms with Crippen LogP contribution in [0.4, 0.5) is 9.59 Å². The fourth-order valence-electron chi connectivity index (χ4n) is 4.52. The molecule has 1 heterocycles. The Bertz CT molecular complexity index is 1300. The first-order valence-electron chi connectivity index (χ1n) is 14.9. The van der Waals surface area contributed by atoms with Gasteiger partial charge in [-0.15, -0.1) is 0 Å². The van der Waals surface area contributed by atoms with Crippen LogP contribution in [0.15, 0.2) is 79.0 Å². The number of nitrogens with one attached hydrogen (secondary N) is 3. The number of amides is 2. The molecule has 0 saturated heterocycles. The van der Waals surface area contributed by atoms with Gasteiger partial charge in [0.1, 0.15) is 11.4 Å². The van der Waals surface area contributed by atoms with Crippen molar-refractivity contribution in [2.75, 3.05) is 26.3 Å². The fraction of sp³-hybridized carbons (Fsp3) is 0.424. The van der Waals surface area contributed by atoms with Gasteiger partial charge in [0.15, 0.2) is 0 Å². The van der Waals surface area contributed by atoms with E-state index in [0.717, 1.165) is 16.8 Å². The highest BCUT2D eigenvalue weighted by Crippen LogP contribution is 2.15. The number of rotatable bonds is 18. The third kappa shape index (κ3) is 13.1. The molecule has 0 fully saturated rings. The Morgan fingerprint density at radius 3 is 2.02 bits per heavy atom. The summed E-state index contributed by atoms with van der Waals surface area (Å²) in [7, 11) is 0. The molecule has 3 rings (SSSR count). The number of aliphatic hydroxyl groups excluding tert-OH is 3. The number of pyridine rings is 1. The largest absolute Gasteiger partial charge is 0.493 e. The number of ether oxygens (including phenoxy) is 2. The lowest BCUT2D eigenvalue weighted by Gasteiger charge is -2.28. The van der Waals surface area contributed by atoms with Gasteiger partial charge in [-0.1, -0.05) is 48.5 Å². The van der Waals surface area contributed by atoms with Gasteiger partial charge in [0.05, 0.1) is 37.5 Å². The lowest BCUT2D eigenvalue weighted by Crippen LogP contribution is -2.52. The van der Waals surface area contributed by atoms with E-state index in [2.05, 4.69) is 20.9 Å². The number of hydrogen-bond donors (Lipinski definition) is 7. The zero-order valence-electron chi connectivity index (χ0n) is 25.6. The summed E-state index contributed by atoms with van der Waals surface area (Å²) in [4.78, 5) is 28.3. The van der Waals surface area contributed by atoms with Gasteiger partial charge in [-0.2, -0.15) is 0 Å². The SMILES string of the molecule is CC(C)(CO)OC(=O)N[C@@H](Cc1ccccc1)C(O)CNC[C@@H](O)[C@H](Cc1ccc(OCCc2ccccn2)cc1)NC(=O)O. The molecule has 1 unspecified atom stereocenters. The molecule has 0 spiro atoms. The highest BCUT2D eigenvalue weighted by molar-refractivity contribution is 5.68. The maximum Gasteiger partial charge on any atom is 0.408 e. The average molecular weight is 625 g/mol. The third-order valence-electron chi connectivity index (χ3n) is 7.03. The number of carbonyl (C=O) groups is 2. The topological polar surface area (TPSA) is 182 Å². The average Bonchev–Trinajstić information content (AvgIpc) is 3.01. The second kappa shape index (κ2) is 17.9. The summed E-state index contributed by atoms with van der Waals surface area (Å²) in [5.74, 6) is 0.663. The van der Waals surface area contributed by atoms with Crippen molar-refractivity contribution in [3.8, 4) is 5.75 Å². The van der Waals surface area contributed by atoms with Crippen LogP contribution >= 0.6 is 0 Å². The molecule has 2 amide bonds. The van der Waals surface area contributed by atoms with Crippen molar-refractivity contribution < 1.29 is 39.5 Å². The van der Waals surface area contributed by atoms with Gasteiger partial charge in [0.2, 0.25) is 0 Å². The Labute approximate surface area is 263 Å². The van der Waals surface area contributed by atoms with Crippen molar-refractivity contribution in [1.82, 2.24) is 20.9 Å². The maximum atomic E-state index is 12.5. The monoisotopic (exact) mass is 624 g/mol. The summed E-state index contributed by atoms with van der Waals surface area (Å²) < 4.78 is 11.1. The van der Waals surface area contributed by atoms with Gasteiger partial charge in [-0.3, -0.25) is 4.98 Å². The molecule has 0 radical (unpaired) electrons. The molecule has 0 aliphatic rings. The molecule has 0 aliphatic heterocycles. The highest BCUT2D eigenvalue weighted by Gasteiger charge is 2.28. The molecule has 12 nitrogen and oxygen atoms in total. The van der Waals surface area contributed by atoms with Crippen molar-refractivity contribution in [2.24, 2.45) is 0 Å². The van der Waals surface area contributed by atoms with Gasteiger partial charge in [0.25, 0.3) is 0 Å². The normalized spacial score (nSPS) is 14.1. The highest BCUT2D eigenvalue weighted by atomic mass is 16.6. The van der Waals surface area contributed by atoms with Crippen LogP contribution in [0.1, 0.15) is 30.7 Å². The van der Waals surface area contributed by atoms with E-state index >= 15 is 0 Å². The Kier molecular flexibility index (Phi) is 14.0. The predicted molar refractivity (Wildman–Crippen MR) is 168 cm³/mol. The van der Waals surface area contributed by atoms with Crippen LogP contribution in [0.5, 0.6) is 5.75 Å². The zero-order valence-corrected chi connectivity index (χ0v) is 25.6. The minimum atomic E-state index is -1.27. The molecule has 2 aromatic carbocycles. The maximum absolute atomic E-state index is 12.5. The molecule has 4 atom stereocenters. The Hall–Kier alpha value is -4.23. The first-order chi connectivity index (χ1) is 21.5. The summed E-state index contributed by atoms with van der Waals surface area (Å²) >= 11 is 0. The van der Waals surface area contributed by atoms with E-state index in [1.54, 1.807) is 32.2 Å². The quantitative estimate of drug-likeness (QED) is 0.111. The molecule has 45 heavy (non-hydrogen) atoms. The van der Waals surface area contributed by atoms with E-state index in [-0.39, 0.29) is 26.1 Å². The van der Waals surface area contributed by atoms with Gasteiger partial charge in [-0.25, -0.2) is 9.59 Å². The summed E-state index contributed by atoms with van der Waals surface area (Å²) in [6.45, 7) is 3.17. The smallest absolute Gasteiger partial charge is 0.408 e. The number of carbonyl (C=O) groups excluding carboxylic acids is 1. The Morgan fingerprint density at radius 1 is 0.844 bits per heavy atom. The van der Waals surface area contributed by atoms with E-state index in [1.807, 2.05) is 60.7 Å². The van der Waals surface area contributed by atoms with Crippen LogP contribution < -0.4 is 20.7 Å². The Morgan fingerprint density at radius 2 is 1.44 bits per heavy atom. The fourth-order valence-corrected chi connectivity index (χ4v) is 4.52. The second-order valence-electron chi connectivity index (χ2n) is 11.4. The molecule has 0 saturated carbocycles. The molecule has 0 bridgehead atoms. The van der Waals surface area contributed by atoms with E-state index in [0.29, 0.717) is 25.2 Å². The van der Waals surface area contributed by atoms with Gasteiger partial charge in [-0.05, 0) is 62.1 Å². The molecule has 0 aliphatic carbocycles. The van der Waals surface area contributed by atoms with Crippen LogP contribution in [0.25, 0.3) is 0 Å². The number of aromatic nitrogens is 1. The second-order valence-corrected chi connectivity index (χ2v) is 11.4. The van der Waals surface area contributed by atoms with E-state index < -0.39 is 42.1 Å². The summed E-state index contributed by atoms with van der Waals surface area (Å²) in [6, 6.07) is 20.6. The van der Waals surface area contributed by atoms with Crippen LogP contribution in [0.2, 0.25) is 0 Å². The Balaban J connectivity index is 1.53. The molecule has 7 N–H and O–H groups in total. The van der Waals surface area contributed by atoms with Crippen LogP contribution in [-0.4, -0.2) is 93.8 Å². The number of benzene rings is 2. The number of alkyl carbamates (subject to hydrolysis) is 1. The van der Waals surface area contributed by atoms with Crippen LogP contribution in [0.3, 0.4) is 0 Å². The van der Waals surface area contributed by atoms with Crippen LogP contribution in [-0.2, 0) is 24.0 Å². The van der Waals surface area contributed by atoms with Crippen molar-refractivity contribution in [1.29, 1.82) is 0 Å². The van der Waals surface area contributed by atoms with E-state index in [1.165, 1.54) is 0 Å². The summed E-state index contributed by atoms with van der Waals surface area (Å²) in [6.07, 6.45) is -1.36. The first-order valence-corrected chi connectivity index (χ1v) is 14.9. The molecular formula is C33H44N4O8. The summed E-state index contributed by atoms with van der Waals surface area (Å²) in [5, 5.41) is 48.7. The standard InChI is InChI=1S/C33H44N4O8/c1-33(2,22-38)45-32(43)37-28(18-23-8-4-3-5-9-23)30(40)21-34-20-29(39)27(36-31(41)42)19-24-11-13-26(14-12-24)44-17-15-25-10-6-7-16-35-25/h3-14,16,27-30,34,36,38-40H,15,17-22H2,1-2H3,(H,37,43)(H,41,42)/t27-,28-,29+,30?/m0/s1. The van der Waals surface area contributed by atoms with Crippen molar-refractivity contribution in [3.05, 3.63) is 95.8 Å². The predicted octanol–water partition coefficient (Wildman–Crippen LogP) is 2.30. The molecule has 12 heteroatoms. The van der Waals surface area contributed by atoms with Gasteiger partial charge < -0.3 is 45.9 Å². The minimum absolute atomic E-state index is 0.0113. The lowest BCUT2D eigenvalue weighted by atomic mass is 10.00. The summed E-state index contributed by atoms with van der Waals surface area (Å²) in [5.41, 5.74) is 1.49. The third-order valence-corrected chi connectivity index (χ3v) is 7.03.